The topological polar surface area (TPSA) is 53.6 Å². The zero-order valence-corrected chi connectivity index (χ0v) is 8.95. The van der Waals surface area contributed by atoms with Gasteiger partial charge >= 0.3 is 0 Å². The highest BCUT2D eigenvalue weighted by molar-refractivity contribution is 9.10. The van der Waals surface area contributed by atoms with E-state index in [0.717, 1.165) is 11.0 Å². The highest BCUT2D eigenvalue weighted by Crippen LogP contribution is 2.12. The van der Waals surface area contributed by atoms with Crippen molar-refractivity contribution >= 4 is 21.9 Å². The summed E-state index contributed by atoms with van der Waals surface area (Å²) in [6, 6.07) is 8.11. The van der Waals surface area contributed by atoms with Crippen molar-refractivity contribution in [3.8, 4) is 0 Å². The number of nitrogens with zero attached hydrogens (tertiary/aromatic N) is 2. The second-order valence-corrected chi connectivity index (χ2v) is 3.73. The number of halogens is 1. The number of aromatic amines is 1. The first-order valence-corrected chi connectivity index (χ1v) is 4.97. The second kappa shape index (κ2) is 4.23. The summed E-state index contributed by atoms with van der Waals surface area (Å²) in [7, 11) is 0. The average Bonchev–Trinajstić information content (AvgIpc) is 2.67. The van der Waals surface area contributed by atoms with Crippen LogP contribution in [-0.4, -0.2) is 15.2 Å². The number of aromatic nitrogens is 3. The normalized spacial score (nSPS) is 10.1. The monoisotopic (exact) mass is 252 g/mol. The van der Waals surface area contributed by atoms with E-state index in [1.54, 1.807) is 0 Å². The van der Waals surface area contributed by atoms with Crippen LogP contribution in [0.1, 0.15) is 5.56 Å². The maximum Gasteiger partial charge on any atom is 0.218 e. The minimum absolute atomic E-state index is 0.685. The van der Waals surface area contributed by atoms with Crippen LogP contribution in [0.4, 0.5) is 5.95 Å². The predicted molar refractivity (Wildman–Crippen MR) is 57.9 cm³/mol. The molecule has 0 spiro atoms. The Kier molecular flexibility index (Phi) is 2.78. The van der Waals surface area contributed by atoms with Gasteiger partial charge in [-0.05, 0) is 17.7 Å². The molecule has 1 aromatic heterocycles. The van der Waals surface area contributed by atoms with Gasteiger partial charge in [-0.25, -0.2) is 10.1 Å². The molecule has 0 atom stereocenters. The van der Waals surface area contributed by atoms with Crippen LogP contribution in [0.25, 0.3) is 0 Å². The smallest absolute Gasteiger partial charge is 0.218 e. The molecule has 0 radical (unpaired) electrons. The van der Waals surface area contributed by atoms with Gasteiger partial charge in [-0.15, -0.1) is 0 Å². The molecule has 14 heavy (non-hydrogen) atoms. The van der Waals surface area contributed by atoms with Gasteiger partial charge in [0, 0.05) is 11.0 Å². The van der Waals surface area contributed by atoms with Gasteiger partial charge in [0.05, 0.1) is 0 Å². The minimum atomic E-state index is 0.685. The molecular formula is C9H9BrN4. The van der Waals surface area contributed by atoms with E-state index >= 15 is 0 Å². The Morgan fingerprint density at radius 2 is 2.36 bits per heavy atom. The highest BCUT2D eigenvalue weighted by Gasteiger charge is 1.95. The zero-order valence-electron chi connectivity index (χ0n) is 7.37. The third kappa shape index (κ3) is 2.32. The van der Waals surface area contributed by atoms with E-state index in [2.05, 4.69) is 42.5 Å². The molecule has 2 aromatic rings. The fraction of sp³-hybridized carbons (Fsp3) is 0.111. The Bertz CT molecular complexity index is 399. The van der Waals surface area contributed by atoms with Gasteiger partial charge in [0.25, 0.3) is 0 Å². The molecule has 0 bridgehead atoms. The molecule has 5 heteroatoms. The number of nitrogens with one attached hydrogen (secondary N) is 2. The van der Waals surface area contributed by atoms with Gasteiger partial charge in [0.15, 0.2) is 0 Å². The van der Waals surface area contributed by atoms with Gasteiger partial charge < -0.3 is 5.32 Å². The fourth-order valence-electron chi connectivity index (χ4n) is 1.12. The summed E-state index contributed by atoms with van der Waals surface area (Å²) in [6.07, 6.45) is 1.48. The molecule has 0 amide bonds. The summed E-state index contributed by atoms with van der Waals surface area (Å²) in [5.74, 6) is 0.685. The number of hydrogen-bond donors (Lipinski definition) is 2. The van der Waals surface area contributed by atoms with Crippen molar-refractivity contribution in [2.75, 3.05) is 5.32 Å². The molecule has 1 heterocycles. The van der Waals surface area contributed by atoms with Crippen LogP contribution in [0.5, 0.6) is 0 Å². The summed E-state index contributed by atoms with van der Waals surface area (Å²) in [4.78, 5) is 3.96. The number of benzene rings is 1. The van der Waals surface area contributed by atoms with Crippen molar-refractivity contribution < 1.29 is 0 Å². The van der Waals surface area contributed by atoms with Gasteiger partial charge in [-0.3, -0.25) is 0 Å². The molecule has 0 saturated carbocycles. The molecule has 0 aliphatic rings. The SMILES string of the molecule is Brc1cccc(CNc2ncn[nH]2)c1. The summed E-state index contributed by atoms with van der Waals surface area (Å²) < 4.78 is 1.08. The standard InChI is InChI=1S/C9H9BrN4/c10-8-3-1-2-7(4-8)5-11-9-12-6-13-14-9/h1-4,6H,5H2,(H2,11,12,13,14). The number of rotatable bonds is 3. The summed E-state index contributed by atoms with van der Waals surface area (Å²) >= 11 is 3.42. The Labute approximate surface area is 89.9 Å². The van der Waals surface area contributed by atoms with Gasteiger partial charge in [-0.1, -0.05) is 28.1 Å². The van der Waals surface area contributed by atoms with Crippen LogP contribution in [-0.2, 0) is 6.54 Å². The van der Waals surface area contributed by atoms with Crippen LogP contribution in [0.2, 0.25) is 0 Å². The molecule has 2 rings (SSSR count). The third-order valence-corrected chi connectivity index (χ3v) is 2.26. The Balaban J connectivity index is 1.98. The van der Waals surface area contributed by atoms with Gasteiger partial charge in [-0.2, -0.15) is 5.10 Å². The lowest BCUT2D eigenvalue weighted by Gasteiger charge is -2.02. The molecular weight excluding hydrogens is 244 g/mol. The van der Waals surface area contributed by atoms with Crippen LogP contribution < -0.4 is 5.32 Å². The van der Waals surface area contributed by atoms with Crippen molar-refractivity contribution in [2.45, 2.75) is 6.54 Å². The van der Waals surface area contributed by atoms with Crippen LogP contribution in [0, 0.1) is 0 Å². The quantitative estimate of drug-likeness (QED) is 0.881. The maximum atomic E-state index is 3.96. The van der Waals surface area contributed by atoms with Crippen LogP contribution in [0.3, 0.4) is 0 Å². The molecule has 4 nitrogen and oxygen atoms in total. The minimum Gasteiger partial charge on any atom is -0.351 e. The van der Waals surface area contributed by atoms with Gasteiger partial charge in [0.2, 0.25) is 5.95 Å². The molecule has 0 fully saturated rings. The maximum absolute atomic E-state index is 3.96. The summed E-state index contributed by atoms with van der Waals surface area (Å²) in [6.45, 7) is 0.731. The molecule has 1 aromatic carbocycles. The molecule has 2 N–H and O–H groups in total. The number of anilines is 1. The average molecular weight is 253 g/mol. The van der Waals surface area contributed by atoms with Crippen molar-refractivity contribution in [1.29, 1.82) is 0 Å². The van der Waals surface area contributed by atoms with E-state index in [-0.39, 0.29) is 0 Å². The van der Waals surface area contributed by atoms with E-state index in [0.29, 0.717) is 5.95 Å². The molecule has 0 aliphatic heterocycles. The molecule has 0 aliphatic carbocycles. The van der Waals surface area contributed by atoms with E-state index in [9.17, 15) is 0 Å². The molecule has 0 saturated heterocycles. The van der Waals surface area contributed by atoms with Crippen molar-refractivity contribution in [3.63, 3.8) is 0 Å². The summed E-state index contributed by atoms with van der Waals surface area (Å²) in [5, 5.41) is 9.60. The second-order valence-electron chi connectivity index (χ2n) is 2.82. The van der Waals surface area contributed by atoms with Crippen LogP contribution >= 0.6 is 15.9 Å². The van der Waals surface area contributed by atoms with E-state index in [4.69, 9.17) is 0 Å². The predicted octanol–water partition coefficient (Wildman–Crippen LogP) is 2.18. The molecule has 72 valence electrons. The van der Waals surface area contributed by atoms with Crippen molar-refractivity contribution in [2.24, 2.45) is 0 Å². The number of hydrogen-bond acceptors (Lipinski definition) is 3. The Hall–Kier alpha value is -1.36. The van der Waals surface area contributed by atoms with E-state index in [1.807, 2.05) is 18.2 Å². The van der Waals surface area contributed by atoms with E-state index < -0.39 is 0 Å². The third-order valence-electron chi connectivity index (χ3n) is 1.76. The first kappa shape index (κ1) is 9.21. The van der Waals surface area contributed by atoms with Gasteiger partial charge in [0.1, 0.15) is 6.33 Å². The first-order chi connectivity index (χ1) is 6.84. The lowest BCUT2D eigenvalue weighted by Crippen LogP contribution is -2.00. The first-order valence-electron chi connectivity index (χ1n) is 4.18. The summed E-state index contributed by atoms with van der Waals surface area (Å²) in [5.41, 5.74) is 1.19. The van der Waals surface area contributed by atoms with E-state index in [1.165, 1.54) is 11.9 Å². The van der Waals surface area contributed by atoms with Crippen molar-refractivity contribution in [1.82, 2.24) is 15.2 Å². The highest BCUT2D eigenvalue weighted by atomic mass is 79.9. The fourth-order valence-corrected chi connectivity index (χ4v) is 1.57. The van der Waals surface area contributed by atoms with Crippen LogP contribution in [0.15, 0.2) is 35.1 Å². The number of H-pyrrole nitrogens is 1. The Morgan fingerprint density at radius 3 is 3.07 bits per heavy atom. The van der Waals surface area contributed by atoms with Crippen molar-refractivity contribution in [3.05, 3.63) is 40.6 Å². The largest absolute Gasteiger partial charge is 0.351 e. The lowest BCUT2D eigenvalue weighted by atomic mass is 10.2. The Morgan fingerprint density at radius 1 is 1.43 bits per heavy atom. The molecule has 0 unspecified atom stereocenters. The zero-order chi connectivity index (χ0) is 9.80. The lowest BCUT2D eigenvalue weighted by molar-refractivity contribution is 1.04.